The first-order valence-corrected chi connectivity index (χ1v) is 7.75. The highest BCUT2D eigenvalue weighted by atomic mass is 32.2. The summed E-state index contributed by atoms with van der Waals surface area (Å²) in [4.78, 5) is 17.9. The summed E-state index contributed by atoms with van der Waals surface area (Å²) in [6.45, 7) is 7.01. The van der Waals surface area contributed by atoms with E-state index in [1.165, 1.54) is 12.1 Å². The number of aromatic carboxylic acids is 1. The topological polar surface area (TPSA) is 102 Å². The van der Waals surface area contributed by atoms with E-state index in [0.717, 1.165) is 6.07 Å². The second-order valence-electron chi connectivity index (χ2n) is 5.20. The zero-order chi connectivity index (χ0) is 16.3. The molecule has 21 heavy (non-hydrogen) atoms. The largest absolute Gasteiger partial charge is 0.493 e. The van der Waals surface area contributed by atoms with Gasteiger partial charge in [-0.3, -0.25) is 4.84 Å². The molecule has 0 aliphatic rings. The van der Waals surface area contributed by atoms with Crippen molar-refractivity contribution >= 4 is 16.0 Å². The number of sulfonamides is 1. The summed E-state index contributed by atoms with van der Waals surface area (Å²) in [5, 5.41) is 9.12. The minimum atomic E-state index is -3.97. The fraction of sp³-hybridized carbons (Fsp3) is 0.462. The molecule has 2 N–H and O–H groups in total. The second kappa shape index (κ2) is 6.42. The molecule has 0 spiro atoms. The molecule has 0 bridgehead atoms. The van der Waals surface area contributed by atoms with Crippen LogP contribution in [0.2, 0.25) is 0 Å². The first kappa shape index (κ1) is 17.4. The van der Waals surface area contributed by atoms with E-state index in [2.05, 4.69) is 0 Å². The van der Waals surface area contributed by atoms with Crippen LogP contribution < -0.4 is 9.62 Å². The monoisotopic (exact) mass is 317 g/mol. The van der Waals surface area contributed by atoms with E-state index in [0.29, 0.717) is 0 Å². The molecule has 1 rings (SSSR count). The fourth-order valence-corrected chi connectivity index (χ4v) is 2.33. The molecule has 0 amide bonds. The Balaban J connectivity index is 3.13. The normalized spacial score (nSPS) is 12.2. The molecule has 0 aromatic heterocycles. The van der Waals surface area contributed by atoms with Gasteiger partial charge in [-0.25, -0.2) is 13.2 Å². The number of carbonyl (C=O) groups is 1. The van der Waals surface area contributed by atoms with Crippen LogP contribution in [0.25, 0.3) is 0 Å². The molecule has 0 saturated heterocycles. The summed E-state index contributed by atoms with van der Waals surface area (Å²) in [5.41, 5.74) is -0.941. The van der Waals surface area contributed by atoms with Crippen LogP contribution in [0.5, 0.6) is 5.75 Å². The number of benzene rings is 1. The third-order valence-electron chi connectivity index (χ3n) is 2.25. The second-order valence-corrected chi connectivity index (χ2v) is 6.84. The van der Waals surface area contributed by atoms with Crippen LogP contribution in [0.1, 0.15) is 38.1 Å². The summed E-state index contributed by atoms with van der Waals surface area (Å²) in [7, 11) is -3.97. The SMILES string of the molecule is CCOc1ccc(S(=O)(=O)NOC(C)(C)C)cc1C(=O)O. The Morgan fingerprint density at radius 1 is 1.33 bits per heavy atom. The lowest BCUT2D eigenvalue weighted by Gasteiger charge is -2.19. The lowest BCUT2D eigenvalue weighted by Crippen LogP contribution is -2.33. The molecule has 0 saturated carbocycles. The van der Waals surface area contributed by atoms with E-state index >= 15 is 0 Å². The van der Waals surface area contributed by atoms with Crippen molar-refractivity contribution in [2.75, 3.05) is 6.61 Å². The van der Waals surface area contributed by atoms with Crippen LogP contribution in [-0.2, 0) is 14.9 Å². The van der Waals surface area contributed by atoms with Crippen LogP contribution >= 0.6 is 0 Å². The van der Waals surface area contributed by atoms with Crippen LogP contribution in [-0.4, -0.2) is 31.7 Å². The van der Waals surface area contributed by atoms with Gasteiger partial charge in [0.25, 0.3) is 10.0 Å². The smallest absolute Gasteiger partial charge is 0.339 e. The Labute approximate surface area is 123 Å². The van der Waals surface area contributed by atoms with Crippen molar-refractivity contribution in [2.45, 2.75) is 38.2 Å². The van der Waals surface area contributed by atoms with Crippen molar-refractivity contribution in [1.82, 2.24) is 4.89 Å². The molecule has 118 valence electrons. The highest BCUT2D eigenvalue weighted by Gasteiger charge is 2.22. The van der Waals surface area contributed by atoms with Crippen molar-refractivity contribution < 1.29 is 27.9 Å². The molecule has 0 atom stereocenters. The third kappa shape index (κ3) is 5.00. The van der Waals surface area contributed by atoms with E-state index in [1.807, 2.05) is 4.89 Å². The van der Waals surface area contributed by atoms with Gasteiger partial charge < -0.3 is 9.84 Å². The van der Waals surface area contributed by atoms with Gasteiger partial charge in [0, 0.05) is 0 Å². The fourth-order valence-electron chi connectivity index (χ4n) is 1.35. The Kier molecular flexibility index (Phi) is 5.32. The van der Waals surface area contributed by atoms with Crippen molar-refractivity contribution in [2.24, 2.45) is 0 Å². The number of hydrogen-bond acceptors (Lipinski definition) is 5. The molecular formula is C13H19NO6S. The van der Waals surface area contributed by atoms with Gasteiger partial charge in [0.05, 0.1) is 17.1 Å². The van der Waals surface area contributed by atoms with Crippen LogP contribution in [0.3, 0.4) is 0 Å². The first-order chi connectivity index (χ1) is 9.57. The molecule has 1 aromatic rings. The molecular weight excluding hydrogens is 298 g/mol. The number of hydrogen-bond donors (Lipinski definition) is 2. The van der Waals surface area contributed by atoms with Gasteiger partial charge >= 0.3 is 5.97 Å². The van der Waals surface area contributed by atoms with Crippen molar-refractivity contribution in [3.8, 4) is 5.75 Å². The third-order valence-corrected chi connectivity index (χ3v) is 3.43. The van der Waals surface area contributed by atoms with Crippen LogP contribution in [0.15, 0.2) is 23.1 Å². The quantitative estimate of drug-likeness (QED) is 0.776. The zero-order valence-electron chi connectivity index (χ0n) is 12.3. The summed E-state index contributed by atoms with van der Waals surface area (Å²) in [6, 6.07) is 3.59. The molecule has 0 aliphatic carbocycles. The molecule has 1 aromatic carbocycles. The molecule has 0 unspecified atom stereocenters. The highest BCUT2D eigenvalue weighted by Crippen LogP contribution is 2.23. The molecule has 0 radical (unpaired) electrons. The van der Waals surface area contributed by atoms with Crippen molar-refractivity contribution in [3.63, 3.8) is 0 Å². The Morgan fingerprint density at radius 2 is 1.95 bits per heavy atom. The Morgan fingerprint density at radius 3 is 2.43 bits per heavy atom. The number of carboxylic acid groups (broad SMARTS) is 1. The van der Waals surface area contributed by atoms with Gasteiger partial charge in [0.2, 0.25) is 0 Å². The van der Waals surface area contributed by atoms with Gasteiger partial charge in [-0.05, 0) is 45.9 Å². The minimum absolute atomic E-state index is 0.112. The number of nitrogens with one attached hydrogen (secondary N) is 1. The molecule has 0 fully saturated rings. The number of rotatable bonds is 6. The summed E-state index contributed by atoms with van der Waals surface area (Å²) in [6.07, 6.45) is 0. The lowest BCUT2D eigenvalue weighted by molar-refractivity contribution is -0.0357. The molecule has 0 heterocycles. The van der Waals surface area contributed by atoms with E-state index in [4.69, 9.17) is 14.7 Å². The van der Waals surface area contributed by atoms with Crippen LogP contribution in [0.4, 0.5) is 0 Å². The van der Waals surface area contributed by atoms with E-state index in [9.17, 15) is 13.2 Å². The van der Waals surface area contributed by atoms with Gasteiger partial charge in [0.15, 0.2) is 0 Å². The van der Waals surface area contributed by atoms with Gasteiger partial charge in [-0.2, -0.15) is 0 Å². The number of ether oxygens (including phenoxy) is 1. The Bertz CT molecular complexity index is 618. The summed E-state index contributed by atoms with van der Waals surface area (Å²) >= 11 is 0. The maximum absolute atomic E-state index is 12.1. The minimum Gasteiger partial charge on any atom is -0.493 e. The van der Waals surface area contributed by atoms with Gasteiger partial charge in [-0.1, -0.05) is 4.89 Å². The summed E-state index contributed by atoms with van der Waals surface area (Å²) in [5.74, 6) is -1.16. The molecule has 8 heteroatoms. The van der Waals surface area contributed by atoms with Crippen molar-refractivity contribution in [3.05, 3.63) is 23.8 Å². The number of carboxylic acids is 1. The van der Waals surface area contributed by atoms with Crippen molar-refractivity contribution in [1.29, 1.82) is 0 Å². The molecule has 7 nitrogen and oxygen atoms in total. The van der Waals surface area contributed by atoms with Gasteiger partial charge in [0.1, 0.15) is 11.3 Å². The predicted molar refractivity (Wildman–Crippen MR) is 75.7 cm³/mol. The average Bonchev–Trinajstić information content (AvgIpc) is 2.36. The average molecular weight is 317 g/mol. The van der Waals surface area contributed by atoms with Gasteiger partial charge in [-0.15, -0.1) is 0 Å². The maximum Gasteiger partial charge on any atom is 0.339 e. The summed E-state index contributed by atoms with van der Waals surface area (Å²) < 4.78 is 29.3. The highest BCUT2D eigenvalue weighted by molar-refractivity contribution is 7.89. The first-order valence-electron chi connectivity index (χ1n) is 6.27. The van der Waals surface area contributed by atoms with E-state index < -0.39 is 21.6 Å². The standard InChI is InChI=1S/C13H19NO6S/c1-5-19-11-7-6-9(8-10(11)12(15)16)21(17,18)14-20-13(2,3)4/h6-8,14H,5H2,1-4H3,(H,15,16). The van der Waals surface area contributed by atoms with Crippen LogP contribution in [0, 0.1) is 0 Å². The van der Waals surface area contributed by atoms with E-state index in [1.54, 1.807) is 27.7 Å². The Hall–Kier alpha value is -1.64. The predicted octanol–water partition coefficient (Wildman–Crippen LogP) is 1.79. The molecule has 0 aliphatic heterocycles. The maximum atomic E-state index is 12.1. The lowest BCUT2D eigenvalue weighted by atomic mass is 10.2. The zero-order valence-corrected chi connectivity index (χ0v) is 13.2. The van der Waals surface area contributed by atoms with E-state index in [-0.39, 0.29) is 22.8 Å².